The molecule has 0 aliphatic carbocycles. The van der Waals surface area contributed by atoms with Gasteiger partial charge in [-0.05, 0) is 33.4 Å². The Morgan fingerprint density at radius 2 is 2.36 bits per heavy atom. The summed E-state index contributed by atoms with van der Waals surface area (Å²) in [6.45, 7) is 6.85. The van der Waals surface area contributed by atoms with Gasteiger partial charge in [-0.1, -0.05) is 0 Å². The summed E-state index contributed by atoms with van der Waals surface area (Å²) >= 11 is 0. The Labute approximate surface area is 85.5 Å². The molecule has 0 saturated heterocycles. The first-order valence-corrected chi connectivity index (χ1v) is 5.18. The number of hydrogen-bond acceptors (Lipinski definition) is 3. The zero-order valence-electron chi connectivity index (χ0n) is 9.03. The lowest BCUT2D eigenvalue weighted by Gasteiger charge is -2.03. The molecule has 0 amide bonds. The zero-order chi connectivity index (χ0) is 10.4. The van der Waals surface area contributed by atoms with Crippen molar-refractivity contribution in [2.24, 2.45) is 5.73 Å². The van der Waals surface area contributed by atoms with Gasteiger partial charge in [0.25, 0.3) is 0 Å². The van der Waals surface area contributed by atoms with Crippen molar-refractivity contribution in [1.82, 2.24) is 15.1 Å². The second-order valence-corrected chi connectivity index (χ2v) is 3.74. The normalized spacial score (nSPS) is 11.1. The van der Waals surface area contributed by atoms with Crippen LogP contribution in [0.25, 0.3) is 0 Å². The first-order valence-electron chi connectivity index (χ1n) is 5.18. The van der Waals surface area contributed by atoms with Crippen LogP contribution in [0.2, 0.25) is 0 Å². The van der Waals surface area contributed by atoms with Gasteiger partial charge in [0.2, 0.25) is 0 Å². The van der Waals surface area contributed by atoms with Crippen molar-refractivity contribution in [3.8, 4) is 0 Å². The van der Waals surface area contributed by atoms with Gasteiger partial charge in [-0.15, -0.1) is 0 Å². The van der Waals surface area contributed by atoms with E-state index in [0.717, 1.165) is 26.1 Å². The minimum Gasteiger partial charge on any atom is -0.330 e. The molecule has 1 rings (SSSR count). The lowest BCUT2D eigenvalue weighted by atomic mass is 10.3. The van der Waals surface area contributed by atoms with Crippen molar-refractivity contribution in [1.29, 1.82) is 0 Å². The summed E-state index contributed by atoms with van der Waals surface area (Å²) < 4.78 is 1.97. The molecule has 0 spiro atoms. The molecule has 0 fully saturated rings. The maximum Gasteiger partial charge on any atom is 0.0534 e. The first kappa shape index (κ1) is 11.2. The summed E-state index contributed by atoms with van der Waals surface area (Å²) in [5.41, 5.74) is 6.63. The van der Waals surface area contributed by atoms with Gasteiger partial charge in [-0.3, -0.25) is 4.68 Å². The molecular formula is C10H20N4. The van der Waals surface area contributed by atoms with Crippen LogP contribution in [0.1, 0.15) is 31.9 Å². The number of rotatable bonds is 6. The van der Waals surface area contributed by atoms with Crippen LogP contribution >= 0.6 is 0 Å². The summed E-state index contributed by atoms with van der Waals surface area (Å²) in [5.74, 6) is 0. The van der Waals surface area contributed by atoms with Crippen LogP contribution in [0.4, 0.5) is 0 Å². The van der Waals surface area contributed by atoms with Crippen LogP contribution in [-0.2, 0) is 6.54 Å². The molecule has 0 aliphatic heterocycles. The van der Waals surface area contributed by atoms with Crippen LogP contribution < -0.4 is 11.1 Å². The summed E-state index contributed by atoms with van der Waals surface area (Å²) in [6, 6.07) is 0.438. The number of nitrogens with two attached hydrogens (primary N) is 1. The Bertz CT molecular complexity index is 254. The number of nitrogens with zero attached hydrogens (tertiary/aromatic N) is 2. The summed E-state index contributed by atoms with van der Waals surface area (Å²) in [6.07, 6.45) is 5.02. The van der Waals surface area contributed by atoms with E-state index in [1.807, 2.05) is 10.9 Å². The van der Waals surface area contributed by atoms with Crippen molar-refractivity contribution < 1.29 is 0 Å². The van der Waals surface area contributed by atoms with Gasteiger partial charge in [-0.2, -0.15) is 5.10 Å². The van der Waals surface area contributed by atoms with E-state index in [1.54, 1.807) is 0 Å². The van der Waals surface area contributed by atoms with E-state index in [0.29, 0.717) is 6.04 Å². The van der Waals surface area contributed by atoms with Gasteiger partial charge in [0, 0.05) is 24.3 Å². The fraction of sp³-hybridized carbons (Fsp3) is 0.700. The molecule has 1 aromatic rings. The van der Waals surface area contributed by atoms with E-state index in [1.165, 1.54) is 5.56 Å². The van der Waals surface area contributed by atoms with Gasteiger partial charge in [0.1, 0.15) is 0 Å². The summed E-state index contributed by atoms with van der Waals surface area (Å²) in [4.78, 5) is 0. The van der Waals surface area contributed by atoms with E-state index >= 15 is 0 Å². The third-order valence-electron chi connectivity index (χ3n) is 2.07. The molecular weight excluding hydrogens is 176 g/mol. The molecule has 1 aromatic heterocycles. The minimum absolute atomic E-state index is 0.438. The second kappa shape index (κ2) is 5.78. The molecule has 0 radical (unpaired) electrons. The lowest BCUT2D eigenvalue weighted by molar-refractivity contribution is 0.531. The Morgan fingerprint density at radius 3 is 2.93 bits per heavy atom. The Kier molecular flexibility index (Phi) is 4.62. The number of aromatic nitrogens is 2. The Hall–Kier alpha value is -0.870. The maximum atomic E-state index is 5.40. The number of hydrogen-bond donors (Lipinski definition) is 2. The van der Waals surface area contributed by atoms with Crippen LogP contribution in [0, 0.1) is 0 Å². The highest BCUT2D eigenvalue weighted by Crippen LogP contribution is 2.04. The van der Waals surface area contributed by atoms with E-state index in [2.05, 4.69) is 30.5 Å². The standard InChI is InChI=1S/C10H20N4/c1-9(2)14-8-10(7-13-14)6-12-5-3-4-11/h7-9,12H,3-6,11H2,1-2H3. The van der Waals surface area contributed by atoms with Crippen LogP contribution in [-0.4, -0.2) is 22.9 Å². The quantitative estimate of drug-likeness (QED) is 0.665. The molecule has 3 N–H and O–H groups in total. The predicted molar refractivity (Wildman–Crippen MR) is 58.0 cm³/mol. The molecule has 80 valence electrons. The van der Waals surface area contributed by atoms with Crippen LogP contribution in [0.5, 0.6) is 0 Å². The molecule has 0 atom stereocenters. The molecule has 0 bridgehead atoms. The largest absolute Gasteiger partial charge is 0.330 e. The second-order valence-electron chi connectivity index (χ2n) is 3.74. The van der Waals surface area contributed by atoms with Gasteiger partial charge >= 0.3 is 0 Å². The van der Waals surface area contributed by atoms with Crippen molar-refractivity contribution in [2.75, 3.05) is 13.1 Å². The zero-order valence-corrected chi connectivity index (χ0v) is 9.03. The van der Waals surface area contributed by atoms with Crippen molar-refractivity contribution in [3.05, 3.63) is 18.0 Å². The van der Waals surface area contributed by atoms with E-state index < -0.39 is 0 Å². The molecule has 0 aromatic carbocycles. The smallest absolute Gasteiger partial charge is 0.0534 e. The highest BCUT2D eigenvalue weighted by Gasteiger charge is 2.00. The van der Waals surface area contributed by atoms with E-state index in [4.69, 9.17) is 5.73 Å². The minimum atomic E-state index is 0.438. The maximum absolute atomic E-state index is 5.40. The highest BCUT2D eigenvalue weighted by molar-refractivity contribution is 5.03. The van der Waals surface area contributed by atoms with Crippen LogP contribution in [0.15, 0.2) is 12.4 Å². The average Bonchev–Trinajstić information content (AvgIpc) is 2.61. The fourth-order valence-corrected chi connectivity index (χ4v) is 1.21. The van der Waals surface area contributed by atoms with Gasteiger partial charge in [-0.25, -0.2) is 0 Å². The SMILES string of the molecule is CC(C)n1cc(CNCCCN)cn1. The third-order valence-corrected chi connectivity index (χ3v) is 2.07. The van der Waals surface area contributed by atoms with E-state index in [9.17, 15) is 0 Å². The van der Waals surface area contributed by atoms with Gasteiger partial charge in [0.05, 0.1) is 6.20 Å². The molecule has 14 heavy (non-hydrogen) atoms. The molecule has 0 unspecified atom stereocenters. The molecule has 0 aliphatic rings. The van der Waals surface area contributed by atoms with Gasteiger partial charge in [0.15, 0.2) is 0 Å². The molecule has 0 saturated carbocycles. The monoisotopic (exact) mass is 196 g/mol. The Morgan fingerprint density at radius 1 is 1.57 bits per heavy atom. The van der Waals surface area contributed by atoms with Crippen molar-refractivity contribution >= 4 is 0 Å². The van der Waals surface area contributed by atoms with Crippen LogP contribution in [0.3, 0.4) is 0 Å². The topological polar surface area (TPSA) is 55.9 Å². The molecule has 4 heteroatoms. The van der Waals surface area contributed by atoms with Gasteiger partial charge < -0.3 is 11.1 Å². The highest BCUT2D eigenvalue weighted by atomic mass is 15.3. The lowest BCUT2D eigenvalue weighted by Crippen LogP contribution is -2.17. The summed E-state index contributed by atoms with van der Waals surface area (Å²) in [7, 11) is 0. The Balaban J connectivity index is 2.29. The van der Waals surface area contributed by atoms with Crippen molar-refractivity contribution in [3.63, 3.8) is 0 Å². The molecule has 4 nitrogen and oxygen atoms in total. The fourth-order valence-electron chi connectivity index (χ4n) is 1.21. The predicted octanol–water partition coefficient (Wildman–Crippen LogP) is 0.902. The molecule has 1 heterocycles. The van der Waals surface area contributed by atoms with Crippen molar-refractivity contribution in [2.45, 2.75) is 32.9 Å². The van der Waals surface area contributed by atoms with E-state index in [-0.39, 0.29) is 0 Å². The number of nitrogens with one attached hydrogen (secondary N) is 1. The summed E-state index contributed by atoms with van der Waals surface area (Å²) in [5, 5.41) is 7.59. The first-order chi connectivity index (χ1) is 6.74. The average molecular weight is 196 g/mol. The third kappa shape index (κ3) is 3.47.